The van der Waals surface area contributed by atoms with Crippen LogP contribution in [0.1, 0.15) is 96.8 Å². The third-order valence-corrected chi connectivity index (χ3v) is 9.59. The molecule has 3 saturated carbocycles. The number of rotatable bonds is 9. The zero-order valence-corrected chi connectivity index (χ0v) is 20.0. The highest BCUT2D eigenvalue weighted by Crippen LogP contribution is 2.63. The number of hydrogen-bond donors (Lipinski definition) is 0. The number of alkyl halides is 2. The number of carbonyl (C=O) groups excluding carboxylic acids is 2. The first-order valence-corrected chi connectivity index (χ1v) is 13.5. The number of allylic oxidation sites excluding steroid dienone is 1. The van der Waals surface area contributed by atoms with Gasteiger partial charge in [0.25, 0.3) is 0 Å². The second-order valence-electron chi connectivity index (χ2n) is 11.1. The van der Waals surface area contributed by atoms with Gasteiger partial charge in [-0.05, 0) is 68.3 Å². The van der Waals surface area contributed by atoms with Gasteiger partial charge in [-0.1, -0.05) is 51.0 Å². The maximum atomic E-state index is 15.7. The fourth-order valence-electron chi connectivity index (χ4n) is 7.83. The number of ketones is 2. The van der Waals surface area contributed by atoms with Crippen molar-refractivity contribution in [2.24, 2.45) is 35.0 Å². The lowest BCUT2D eigenvalue weighted by Gasteiger charge is -2.56. The van der Waals surface area contributed by atoms with Gasteiger partial charge in [0.1, 0.15) is 12.0 Å². The van der Waals surface area contributed by atoms with Gasteiger partial charge in [-0.2, -0.15) is 0 Å². The largest absolute Gasteiger partial charge is 0.299 e. The number of carbonyl (C=O) groups is 2. The maximum absolute atomic E-state index is 15.7. The molecule has 31 heavy (non-hydrogen) atoms. The smallest absolute Gasteiger partial charge is 0.155 e. The number of fused-ring (bicyclic) bond motifs is 5. The van der Waals surface area contributed by atoms with E-state index < -0.39 is 11.6 Å². The Morgan fingerprint density at radius 2 is 1.71 bits per heavy atom. The van der Waals surface area contributed by atoms with Crippen molar-refractivity contribution in [3.8, 4) is 0 Å². The Morgan fingerprint density at radius 3 is 2.45 bits per heavy atom. The first-order chi connectivity index (χ1) is 15.0. The molecule has 0 amide bonds. The lowest BCUT2D eigenvalue weighted by molar-refractivity contribution is -0.138. The zero-order chi connectivity index (χ0) is 22.0. The standard InChI is InChI=1S/C27H40ClFO2/c1-27-17-23(29)26-21-11-10-20(30)16-19(21)15-18(25(26)22(27)12-13-24(27)31)9-7-5-3-2-4-6-8-14-28/h16,18,21-23,25-26H,2-15,17H2,1H3/t18-,21+,22+,23+,25+,26+,27+/m1/s1. The van der Waals surface area contributed by atoms with Crippen LogP contribution in [0, 0.1) is 35.0 Å². The molecule has 7 atom stereocenters. The number of unbranched alkanes of at least 4 members (excludes halogenated alkanes) is 6. The maximum Gasteiger partial charge on any atom is 0.155 e. The third kappa shape index (κ3) is 4.68. The van der Waals surface area contributed by atoms with E-state index in [0.29, 0.717) is 42.8 Å². The highest BCUT2D eigenvalue weighted by atomic mass is 35.5. The van der Waals surface area contributed by atoms with E-state index >= 15 is 4.39 Å². The Hall–Kier alpha value is -0.700. The fourth-order valence-corrected chi connectivity index (χ4v) is 8.02. The van der Waals surface area contributed by atoms with Crippen LogP contribution in [0.2, 0.25) is 0 Å². The molecule has 2 nitrogen and oxygen atoms in total. The van der Waals surface area contributed by atoms with Crippen molar-refractivity contribution in [3.05, 3.63) is 11.6 Å². The minimum Gasteiger partial charge on any atom is -0.299 e. The van der Waals surface area contributed by atoms with E-state index in [1.165, 1.54) is 44.1 Å². The van der Waals surface area contributed by atoms with E-state index in [-0.39, 0.29) is 17.6 Å². The number of Topliss-reactive ketones (excluding diaryl/α,β-unsaturated/α-hetero) is 1. The first-order valence-electron chi connectivity index (χ1n) is 12.9. The summed E-state index contributed by atoms with van der Waals surface area (Å²) >= 11 is 5.76. The molecule has 4 rings (SSSR count). The van der Waals surface area contributed by atoms with E-state index in [1.54, 1.807) is 0 Å². The van der Waals surface area contributed by atoms with E-state index in [0.717, 1.165) is 38.0 Å². The number of halogens is 2. The highest BCUT2D eigenvalue weighted by molar-refractivity contribution is 6.17. The van der Waals surface area contributed by atoms with Gasteiger partial charge in [0.2, 0.25) is 0 Å². The molecular weight excluding hydrogens is 411 g/mol. The van der Waals surface area contributed by atoms with Crippen molar-refractivity contribution in [1.29, 1.82) is 0 Å². The molecule has 0 aliphatic heterocycles. The molecule has 0 aromatic heterocycles. The highest BCUT2D eigenvalue weighted by Gasteiger charge is 2.61. The Morgan fingerprint density at radius 1 is 1.00 bits per heavy atom. The van der Waals surface area contributed by atoms with Crippen LogP contribution in [-0.2, 0) is 9.59 Å². The molecule has 0 aromatic carbocycles. The summed E-state index contributed by atoms with van der Waals surface area (Å²) in [4.78, 5) is 24.9. The van der Waals surface area contributed by atoms with Gasteiger partial charge in [0.15, 0.2) is 5.78 Å². The first kappa shape index (κ1) is 23.5. The molecule has 0 unspecified atom stereocenters. The molecule has 3 fully saturated rings. The van der Waals surface area contributed by atoms with Gasteiger partial charge >= 0.3 is 0 Å². The van der Waals surface area contributed by atoms with Crippen LogP contribution in [-0.4, -0.2) is 23.6 Å². The quantitative estimate of drug-likeness (QED) is 0.274. The van der Waals surface area contributed by atoms with Crippen molar-refractivity contribution in [3.63, 3.8) is 0 Å². The molecule has 4 aliphatic rings. The Balaban J connectivity index is 1.45. The Kier molecular flexibility index (Phi) is 7.61. The minimum absolute atomic E-state index is 0.0256. The van der Waals surface area contributed by atoms with Gasteiger partial charge < -0.3 is 0 Å². The summed E-state index contributed by atoms with van der Waals surface area (Å²) in [6.45, 7) is 2.06. The summed E-state index contributed by atoms with van der Waals surface area (Å²) in [5, 5.41) is 0. The molecule has 174 valence electrons. The average Bonchev–Trinajstić information content (AvgIpc) is 3.03. The molecule has 0 bridgehead atoms. The second kappa shape index (κ2) is 10.1. The summed E-state index contributed by atoms with van der Waals surface area (Å²) < 4.78 is 15.7. The summed E-state index contributed by atoms with van der Waals surface area (Å²) in [6.07, 6.45) is 15.0. The predicted molar refractivity (Wildman–Crippen MR) is 124 cm³/mol. The fraction of sp³-hybridized carbons (Fsp3) is 0.852. The molecule has 4 heteroatoms. The van der Waals surface area contributed by atoms with Gasteiger partial charge in [-0.3, -0.25) is 9.59 Å². The molecule has 0 N–H and O–H groups in total. The Bertz CT molecular complexity index is 703. The molecule has 0 radical (unpaired) electrons. The van der Waals surface area contributed by atoms with Crippen molar-refractivity contribution < 1.29 is 14.0 Å². The SMILES string of the molecule is C[C@]12C[C@H](F)[C@H]3[C@@H]([C@H](CCCCCCCCCCl)CC4=CC(=O)CC[C@@H]43)[C@@H]1CCC2=O. The van der Waals surface area contributed by atoms with Crippen LogP contribution in [0.4, 0.5) is 4.39 Å². The van der Waals surface area contributed by atoms with Crippen molar-refractivity contribution in [2.75, 3.05) is 5.88 Å². The lowest BCUT2D eigenvalue weighted by Crippen LogP contribution is -2.54. The van der Waals surface area contributed by atoms with Gasteiger partial charge in [0.05, 0.1) is 0 Å². The van der Waals surface area contributed by atoms with E-state index in [4.69, 9.17) is 11.6 Å². The summed E-state index contributed by atoms with van der Waals surface area (Å²) in [5.41, 5.74) is 0.784. The van der Waals surface area contributed by atoms with Crippen molar-refractivity contribution in [2.45, 2.75) is 103 Å². The van der Waals surface area contributed by atoms with Crippen LogP contribution < -0.4 is 0 Å². The van der Waals surface area contributed by atoms with Gasteiger partial charge in [0, 0.05) is 30.1 Å². The lowest BCUT2D eigenvalue weighted by atomic mass is 9.48. The van der Waals surface area contributed by atoms with E-state index in [2.05, 4.69) is 6.92 Å². The molecule has 0 spiro atoms. The third-order valence-electron chi connectivity index (χ3n) is 9.32. The van der Waals surface area contributed by atoms with Gasteiger partial charge in [-0.25, -0.2) is 4.39 Å². The predicted octanol–water partition coefficient (Wildman–Crippen LogP) is 7.23. The van der Waals surface area contributed by atoms with E-state index in [1.807, 2.05) is 6.08 Å². The van der Waals surface area contributed by atoms with Crippen molar-refractivity contribution in [1.82, 2.24) is 0 Å². The zero-order valence-electron chi connectivity index (χ0n) is 19.2. The van der Waals surface area contributed by atoms with E-state index in [9.17, 15) is 9.59 Å². The van der Waals surface area contributed by atoms with Crippen LogP contribution in [0.25, 0.3) is 0 Å². The molecule has 0 saturated heterocycles. The molecule has 4 aliphatic carbocycles. The normalized spacial score (nSPS) is 39.6. The number of hydrogen-bond acceptors (Lipinski definition) is 2. The van der Waals surface area contributed by atoms with Crippen LogP contribution >= 0.6 is 11.6 Å². The average molecular weight is 451 g/mol. The molecular formula is C27H40ClFO2. The van der Waals surface area contributed by atoms with Crippen LogP contribution in [0.15, 0.2) is 11.6 Å². The summed E-state index contributed by atoms with van der Waals surface area (Å²) in [5.74, 6) is 2.65. The molecule has 0 heterocycles. The van der Waals surface area contributed by atoms with Crippen molar-refractivity contribution >= 4 is 23.2 Å². The topological polar surface area (TPSA) is 34.1 Å². The summed E-state index contributed by atoms with van der Waals surface area (Å²) in [7, 11) is 0. The Labute approximate surface area is 192 Å². The minimum atomic E-state index is -0.903. The molecule has 0 aromatic rings. The second-order valence-corrected chi connectivity index (χ2v) is 11.5. The summed E-state index contributed by atoms with van der Waals surface area (Å²) in [6, 6.07) is 0. The van der Waals surface area contributed by atoms with Gasteiger partial charge in [-0.15, -0.1) is 11.6 Å². The van der Waals surface area contributed by atoms with Crippen LogP contribution in [0.5, 0.6) is 0 Å². The monoisotopic (exact) mass is 450 g/mol. The van der Waals surface area contributed by atoms with Crippen LogP contribution in [0.3, 0.4) is 0 Å².